The number of hydroxylamine groups is 1. The van der Waals surface area contributed by atoms with Crippen LogP contribution in [0.3, 0.4) is 0 Å². The Hall–Kier alpha value is -0.380. The third-order valence-electron chi connectivity index (χ3n) is 1.74. The average Bonchev–Trinajstić information content (AvgIpc) is 2.15. The van der Waals surface area contributed by atoms with Crippen LogP contribution in [0.2, 0.25) is 0 Å². The lowest BCUT2D eigenvalue weighted by Crippen LogP contribution is -2.17. The molecule has 0 aliphatic rings. The van der Waals surface area contributed by atoms with E-state index in [0.717, 1.165) is 17.6 Å². The fraction of sp³-hybridized carbons (Fsp3) is 0.455. The summed E-state index contributed by atoms with van der Waals surface area (Å²) in [5.74, 6) is 0.557. The van der Waals surface area contributed by atoms with Crippen molar-refractivity contribution in [1.29, 1.82) is 0 Å². The van der Waals surface area contributed by atoms with E-state index in [9.17, 15) is 0 Å². The fourth-order valence-corrected chi connectivity index (χ4v) is 1.42. The van der Waals surface area contributed by atoms with Crippen molar-refractivity contribution in [3.05, 3.63) is 34.3 Å². The highest BCUT2D eigenvalue weighted by molar-refractivity contribution is 9.10. The van der Waals surface area contributed by atoms with Gasteiger partial charge in [0.05, 0.1) is 6.61 Å². The molecule has 14 heavy (non-hydrogen) atoms. The predicted octanol–water partition coefficient (Wildman–Crippen LogP) is 3.13. The molecule has 0 aliphatic carbocycles. The van der Waals surface area contributed by atoms with E-state index in [2.05, 4.69) is 41.3 Å². The summed E-state index contributed by atoms with van der Waals surface area (Å²) in [4.78, 5) is 5.28. The van der Waals surface area contributed by atoms with Crippen LogP contribution >= 0.6 is 15.9 Å². The smallest absolute Gasteiger partial charge is 0.0705 e. The molecule has 0 unspecified atom stereocenters. The van der Waals surface area contributed by atoms with Gasteiger partial charge in [0.2, 0.25) is 0 Å². The van der Waals surface area contributed by atoms with Gasteiger partial charge in [-0.3, -0.25) is 0 Å². The van der Waals surface area contributed by atoms with Crippen LogP contribution in [-0.2, 0) is 11.4 Å². The van der Waals surface area contributed by atoms with Crippen LogP contribution in [0.4, 0.5) is 0 Å². The van der Waals surface area contributed by atoms with E-state index in [-0.39, 0.29) is 0 Å². The second-order valence-corrected chi connectivity index (χ2v) is 4.47. The summed E-state index contributed by atoms with van der Waals surface area (Å²) in [5, 5.41) is 0. The van der Waals surface area contributed by atoms with Gasteiger partial charge in [0.15, 0.2) is 0 Å². The maximum atomic E-state index is 5.28. The van der Waals surface area contributed by atoms with Crippen LogP contribution < -0.4 is 5.48 Å². The summed E-state index contributed by atoms with van der Waals surface area (Å²) in [6.07, 6.45) is 0. The third-order valence-corrected chi connectivity index (χ3v) is 2.51. The lowest BCUT2D eigenvalue weighted by Gasteiger charge is -2.08. The van der Waals surface area contributed by atoms with Gasteiger partial charge in [-0.2, -0.15) is 5.48 Å². The van der Waals surface area contributed by atoms with Crippen molar-refractivity contribution in [3.8, 4) is 0 Å². The van der Waals surface area contributed by atoms with Gasteiger partial charge in [-0.15, -0.1) is 0 Å². The highest BCUT2D eigenvalue weighted by atomic mass is 79.9. The van der Waals surface area contributed by atoms with E-state index in [1.54, 1.807) is 0 Å². The van der Waals surface area contributed by atoms with Crippen LogP contribution in [0.5, 0.6) is 0 Å². The molecule has 1 aromatic rings. The number of halogens is 1. The zero-order chi connectivity index (χ0) is 10.4. The molecular weight excluding hydrogens is 242 g/mol. The molecule has 0 saturated heterocycles. The standard InChI is InChI=1S/C11H16BrNO/c1-9(2)8-14-13-7-10-5-3-4-6-11(10)12/h3-6,9,13H,7-8H2,1-2H3. The summed E-state index contributed by atoms with van der Waals surface area (Å²) in [6.45, 7) is 5.72. The predicted molar refractivity (Wildman–Crippen MR) is 61.8 cm³/mol. The quantitative estimate of drug-likeness (QED) is 0.647. The van der Waals surface area contributed by atoms with Crippen LogP contribution in [-0.4, -0.2) is 6.61 Å². The van der Waals surface area contributed by atoms with E-state index in [4.69, 9.17) is 4.84 Å². The molecule has 0 heterocycles. The molecule has 0 atom stereocenters. The Kier molecular flexibility index (Phi) is 5.15. The Morgan fingerprint density at radius 3 is 2.71 bits per heavy atom. The van der Waals surface area contributed by atoms with Crippen LogP contribution in [0.15, 0.2) is 28.7 Å². The van der Waals surface area contributed by atoms with Gasteiger partial charge in [-0.25, -0.2) is 0 Å². The second-order valence-electron chi connectivity index (χ2n) is 3.62. The maximum Gasteiger partial charge on any atom is 0.0705 e. The minimum Gasteiger partial charge on any atom is -0.301 e. The molecular formula is C11H16BrNO. The minimum absolute atomic E-state index is 0.557. The van der Waals surface area contributed by atoms with Crippen molar-refractivity contribution in [3.63, 3.8) is 0 Å². The minimum atomic E-state index is 0.557. The molecule has 0 fully saturated rings. The van der Waals surface area contributed by atoms with E-state index >= 15 is 0 Å². The normalized spacial score (nSPS) is 10.9. The third kappa shape index (κ3) is 4.22. The van der Waals surface area contributed by atoms with Gasteiger partial charge in [-0.1, -0.05) is 48.0 Å². The Balaban J connectivity index is 2.28. The van der Waals surface area contributed by atoms with Crippen LogP contribution in [0, 0.1) is 5.92 Å². The SMILES string of the molecule is CC(C)CONCc1ccccc1Br. The van der Waals surface area contributed by atoms with Crippen LogP contribution in [0.25, 0.3) is 0 Å². The lowest BCUT2D eigenvalue weighted by molar-refractivity contribution is 0.0195. The Morgan fingerprint density at radius 2 is 2.07 bits per heavy atom. The highest BCUT2D eigenvalue weighted by Crippen LogP contribution is 2.15. The maximum absolute atomic E-state index is 5.28. The van der Waals surface area contributed by atoms with Crippen molar-refractivity contribution in [2.24, 2.45) is 5.92 Å². The molecule has 3 heteroatoms. The molecule has 0 aromatic heterocycles. The van der Waals surface area contributed by atoms with Gasteiger partial charge in [-0.05, 0) is 17.5 Å². The number of hydrogen-bond donors (Lipinski definition) is 1. The molecule has 1 rings (SSSR count). The van der Waals surface area contributed by atoms with Crippen molar-refractivity contribution < 1.29 is 4.84 Å². The van der Waals surface area contributed by atoms with Crippen molar-refractivity contribution in [2.45, 2.75) is 20.4 Å². The van der Waals surface area contributed by atoms with Crippen LogP contribution in [0.1, 0.15) is 19.4 Å². The number of rotatable bonds is 5. The Bertz CT molecular complexity index is 276. The van der Waals surface area contributed by atoms with E-state index in [0.29, 0.717) is 5.92 Å². The van der Waals surface area contributed by atoms with Crippen molar-refractivity contribution >= 4 is 15.9 Å². The lowest BCUT2D eigenvalue weighted by atomic mass is 10.2. The first kappa shape index (κ1) is 11.7. The molecule has 0 spiro atoms. The highest BCUT2D eigenvalue weighted by Gasteiger charge is 1.98. The van der Waals surface area contributed by atoms with Gasteiger partial charge < -0.3 is 4.84 Å². The zero-order valence-electron chi connectivity index (χ0n) is 8.59. The van der Waals surface area contributed by atoms with E-state index < -0.39 is 0 Å². The number of hydrogen-bond acceptors (Lipinski definition) is 2. The average molecular weight is 258 g/mol. The summed E-state index contributed by atoms with van der Waals surface area (Å²) in [6, 6.07) is 8.11. The topological polar surface area (TPSA) is 21.3 Å². The first-order valence-electron chi connectivity index (χ1n) is 4.78. The monoisotopic (exact) mass is 257 g/mol. The van der Waals surface area contributed by atoms with Crippen molar-refractivity contribution in [2.75, 3.05) is 6.61 Å². The zero-order valence-corrected chi connectivity index (χ0v) is 10.2. The summed E-state index contributed by atoms with van der Waals surface area (Å²) < 4.78 is 1.11. The molecule has 1 N–H and O–H groups in total. The van der Waals surface area contributed by atoms with Crippen molar-refractivity contribution in [1.82, 2.24) is 5.48 Å². The summed E-state index contributed by atoms with van der Waals surface area (Å²) in [5.41, 5.74) is 4.15. The van der Waals surface area contributed by atoms with Gasteiger partial charge >= 0.3 is 0 Å². The molecule has 0 saturated carbocycles. The molecule has 1 aromatic carbocycles. The molecule has 0 aliphatic heterocycles. The molecule has 0 amide bonds. The number of nitrogens with one attached hydrogen (secondary N) is 1. The molecule has 2 nitrogen and oxygen atoms in total. The van der Waals surface area contributed by atoms with Gasteiger partial charge in [0.1, 0.15) is 0 Å². The van der Waals surface area contributed by atoms with Gasteiger partial charge in [0.25, 0.3) is 0 Å². The van der Waals surface area contributed by atoms with E-state index in [1.165, 1.54) is 5.56 Å². The molecule has 0 radical (unpaired) electrons. The summed E-state index contributed by atoms with van der Waals surface area (Å²) in [7, 11) is 0. The summed E-state index contributed by atoms with van der Waals surface area (Å²) >= 11 is 3.48. The first-order chi connectivity index (χ1) is 6.70. The Labute approximate surface area is 93.7 Å². The molecule has 0 bridgehead atoms. The largest absolute Gasteiger partial charge is 0.301 e. The van der Waals surface area contributed by atoms with E-state index in [1.807, 2.05) is 18.2 Å². The molecule has 78 valence electrons. The first-order valence-corrected chi connectivity index (χ1v) is 5.57. The fourth-order valence-electron chi connectivity index (χ4n) is 0.996. The second kappa shape index (κ2) is 6.17. The number of benzene rings is 1. The Morgan fingerprint density at radius 1 is 1.36 bits per heavy atom. The van der Waals surface area contributed by atoms with Gasteiger partial charge in [0, 0.05) is 11.0 Å².